The quantitative estimate of drug-likeness (QED) is 0.494. The SMILES string of the molecule is C=C1CCCC1C.CO. The molecular formula is C8H16O. The van der Waals surface area contributed by atoms with Crippen LogP contribution in [0.1, 0.15) is 26.2 Å². The van der Waals surface area contributed by atoms with E-state index < -0.39 is 0 Å². The van der Waals surface area contributed by atoms with Crippen LogP contribution in [0.5, 0.6) is 0 Å². The molecule has 0 aromatic carbocycles. The van der Waals surface area contributed by atoms with Crippen molar-refractivity contribution in [1.82, 2.24) is 0 Å². The first-order chi connectivity index (χ1) is 4.30. The summed E-state index contributed by atoms with van der Waals surface area (Å²) < 4.78 is 0. The van der Waals surface area contributed by atoms with Crippen molar-refractivity contribution in [2.45, 2.75) is 26.2 Å². The lowest BCUT2D eigenvalue weighted by molar-refractivity contribution is 0.399. The van der Waals surface area contributed by atoms with Crippen LogP contribution in [0.25, 0.3) is 0 Å². The lowest BCUT2D eigenvalue weighted by atomic mass is 10.1. The Balaban J connectivity index is 0.000000291. The van der Waals surface area contributed by atoms with E-state index in [0.717, 1.165) is 13.0 Å². The maximum Gasteiger partial charge on any atom is 0.0319 e. The molecule has 1 atom stereocenters. The van der Waals surface area contributed by atoms with Crippen LogP contribution in [0.4, 0.5) is 0 Å². The number of aliphatic hydroxyl groups is 1. The number of hydrogen-bond acceptors (Lipinski definition) is 1. The Morgan fingerprint density at radius 1 is 1.56 bits per heavy atom. The molecule has 1 unspecified atom stereocenters. The van der Waals surface area contributed by atoms with Gasteiger partial charge in [-0.3, -0.25) is 0 Å². The molecule has 1 nitrogen and oxygen atoms in total. The lowest BCUT2D eigenvalue weighted by Crippen LogP contribution is -1.83. The summed E-state index contributed by atoms with van der Waals surface area (Å²) in [4.78, 5) is 0. The highest BCUT2D eigenvalue weighted by Crippen LogP contribution is 2.28. The van der Waals surface area contributed by atoms with Crippen molar-refractivity contribution < 1.29 is 5.11 Å². The van der Waals surface area contributed by atoms with Gasteiger partial charge in [-0.2, -0.15) is 0 Å². The number of allylic oxidation sites excluding steroid dienone is 1. The molecule has 0 saturated heterocycles. The van der Waals surface area contributed by atoms with Gasteiger partial charge in [0.2, 0.25) is 0 Å². The summed E-state index contributed by atoms with van der Waals surface area (Å²) in [5.41, 5.74) is 1.46. The normalized spacial score (nSPS) is 25.2. The average Bonchev–Trinajstić information content (AvgIpc) is 2.23. The Bertz CT molecular complexity index is 86.6. The molecule has 0 amide bonds. The third kappa shape index (κ3) is 2.66. The van der Waals surface area contributed by atoms with E-state index in [4.69, 9.17) is 5.11 Å². The fraction of sp³-hybridized carbons (Fsp3) is 0.750. The van der Waals surface area contributed by atoms with Gasteiger partial charge in [-0.15, -0.1) is 0 Å². The Morgan fingerprint density at radius 2 is 2.11 bits per heavy atom. The van der Waals surface area contributed by atoms with Gasteiger partial charge in [-0.25, -0.2) is 0 Å². The number of rotatable bonds is 0. The molecule has 1 aliphatic rings. The van der Waals surface area contributed by atoms with Crippen molar-refractivity contribution in [2.24, 2.45) is 5.92 Å². The van der Waals surface area contributed by atoms with Crippen LogP contribution in [0.15, 0.2) is 12.2 Å². The van der Waals surface area contributed by atoms with Gasteiger partial charge in [0, 0.05) is 7.11 Å². The predicted octanol–water partition coefficient (Wildman–Crippen LogP) is 1.97. The van der Waals surface area contributed by atoms with Gasteiger partial charge < -0.3 is 5.11 Å². The summed E-state index contributed by atoms with van der Waals surface area (Å²) in [6, 6.07) is 0. The van der Waals surface area contributed by atoms with Crippen LogP contribution in [0.3, 0.4) is 0 Å². The van der Waals surface area contributed by atoms with Crippen LogP contribution in [-0.4, -0.2) is 12.2 Å². The van der Waals surface area contributed by atoms with E-state index in [2.05, 4.69) is 13.5 Å². The highest BCUT2D eigenvalue weighted by molar-refractivity contribution is 5.03. The van der Waals surface area contributed by atoms with Crippen LogP contribution in [0.2, 0.25) is 0 Å². The molecule has 0 heterocycles. The average molecular weight is 128 g/mol. The van der Waals surface area contributed by atoms with E-state index in [1.807, 2.05) is 0 Å². The van der Waals surface area contributed by atoms with E-state index in [1.54, 1.807) is 0 Å². The Morgan fingerprint density at radius 3 is 2.22 bits per heavy atom. The molecule has 1 aliphatic carbocycles. The Labute approximate surface area is 57.4 Å². The molecule has 0 radical (unpaired) electrons. The molecule has 1 N–H and O–H groups in total. The summed E-state index contributed by atoms with van der Waals surface area (Å²) in [7, 11) is 1.00. The first-order valence-corrected chi connectivity index (χ1v) is 3.43. The molecule has 0 aromatic heterocycles. The molecule has 0 bridgehead atoms. The van der Waals surface area contributed by atoms with E-state index in [-0.39, 0.29) is 0 Å². The number of aliphatic hydroxyl groups excluding tert-OH is 1. The van der Waals surface area contributed by atoms with Crippen molar-refractivity contribution in [1.29, 1.82) is 0 Å². The van der Waals surface area contributed by atoms with Crippen molar-refractivity contribution in [3.63, 3.8) is 0 Å². The van der Waals surface area contributed by atoms with Crippen LogP contribution >= 0.6 is 0 Å². The van der Waals surface area contributed by atoms with Gasteiger partial charge in [0.05, 0.1) is 0 Å². The fourth-order valence-corrected chi connectivity index (χ4v) is 1.09. The monoisotopic (exact) mass is 128 g/mol. The van der Waals surface area contributed by atoms with E-state index >= 15 is 0 Å². The molecule has 1 fully saturated rings. The van der Waals surface area contributed by atoms with Crippen molar-refractivity contribution in [3.05, 3.63) is 12.2 Å². The topological polar surface area (TPSA) is 20.2 Å². The van der Waals surface area contributed by atoms with E-state index in [0.29, 0.717) is 0 Å². The van der Waals surface area contributed by atoms with Gasteiger partial charge in [0.1, 0.15) is 0 Å². The molecule has 1 heteroatoms. The second-order valence-electron chi connectivity index (χ2n) is 2.45. The minimum atomic E-state index is 0.819. The maximum absolute atomic E-state index is 7.00. The second kappa shape index (κ2) is 4.57. The van der Waals surface area contributed by atoms with E-state index in [9.17, 15) is 0 Å². The van der Waals surface area contributed by atoms with Crippen LogP contribution in [-0.2, 0) is 0 Å². The lowest BCUT2D eigenvalue weighted by Gasteiger charge is -1.97. The van der Waals surface area contributed by atoms with Crippen molar-refractivity contribution >= 4 is 0 Å². The third-order valence-electron chi connectivity index (χ3n) is 1.83. The fourth-order valence-electron chi connectivity index (χ4n) is 1.09. The van der Waals surface area contributed by atoms with Gasteiger partial charge >= 0.3 is 0 Å². The van der Waals surface area contributed by atoms with Gasteiger partial charge in [0.25, 0.3) is 0 Å². The molecule has 0 aromatic rings. The Kier molecular flexibility index (Phi) is 4.41. The van der Waals surface area contributed by atoms with Crippen LogP contribution in [0, 0.1) is 5.92 Å². The second-order valence-corrected chi connectivity index (χ2v) is 2.45. The first kappa shape index (κ1) is 8.70. The minimum absolute atomic E-state index is 0.819. The van der Waals surface area contributed by atoms with Gasteiger partial charge in [-0.05, 0) is 25.2 Å². The summed E-state index contributed by atoms with van der Waals surface area (Å²) in [6.07, 6.45) is 4.03. The summed E-state index contributed by atoms with van der Waals surface area (Å²) in [5.74, 6) is 0.819. The van der Waals surface area contributed by atoms with Crippen molar-refractivity contribution in [3.8, 4) is 0 Å². The molecule has 0 aliphatic heterocycles. The molecule has 0 spiro atoms. The zero-order valence-corrected chi connectivity index (χ0v) is 6.35. The molecule has 9 heavy (non-hydrogen) atoms. The summed E-state index contributed by atoms with van der Waals surface area (Å²) in [5, 5.41) is 7.00. The van der Waals surface area contributed by atoms with Crippen LogP contribution < -0.4 is 0 Å². The zero-order valence-electron chi connectivity index (χ0n) is 6.35. The van der Waals surface area contributed by atoms with Gasteiger partial charge in [-0.1, -0.05) is 19.1 Å². The summed E-state index contributed by atoms with van der Waals surface area (Å²) in [6.45, 7) is 6.19. The largest absolute Gasteiger partial charge is 0.400 e. The minimum Gasteiger partial charge on any atom is -0.400 e. The predicted molar refractivity (Wildman–Crippen MR) is 40.3 cm³/mol. The zero-order chi connectivity index (χ0) is 7.28. The van der Waals surface area contributed by atoms with Gasteiger partial charge in [0.15, 0.2) is 0 Å². The third-order valence-corrected chi connectivity index (χ3v) is 1.83. The maximum atomic E-state index is 7.00. The standard InChI is InChI=1S/C7H12.CH4O/c1-6-4-3-5-7(6)2;1-2/h7H,1,3-5H2,2H3;2H,1H3. The van der Waals surface area contributed by atoms with Crippen molar-refractivity contribution in [2.75, 3.05) is 7.11 Å². The highest BCUT2D eigenvalue weighted by Gasteiger charge is 2.12. The Hall–Kier alpha value is -0.300. The van der Waals surface area contributed by atoms with E-state index in [1.165, 1.54) is 24.8 Å². The first-order valence-electron chi connectivity index (χ1n) is 3.43. The smallest absolute Gasteiger partial charge is 0.0319 e. The molecule has 1 saturated carbocycles. The highest BCUT2D eigenvalue weighted by atomic mass is 16.2. The molecule has 54 valence electrons. The number of hydrogen-bond donors (Lipinski definition) is 1. The molecule has 1 rings (SSSR count). The molecular weight excluding hydrogens is 112 g/mol. The summed E-state index contributed by atoms with van der Waals surface area (Å²) >= 11 is 0.